The van der Waals surface area contributed by atoms with E-state index < -0.39 is 27.0 Å². The van der Waals surface area contributed by atoms with Gasteiger partial charge in [-0.25, -0.2) is 8.42 Å². The van der Waals surface area contributed by atoms with Gasteiger partial charge < -0.3 is 15.1 Å². The van der Waals surface area contributed by atoms with Crippen LogP contribution in [-0.4, -0.2) is 47.7 Å². The topological polar surface area (TPSA) is 96.2 Å². The van der Waals surface area contributed by atoms with Gasteiger partial charge in [0, 0.05) is 31.1 Å². The summed E-state index contributed by atoms with van der Waals surface area (Å²) in [6.07, 6.45) is -0.407. The van der Waals surface area contributed by atoms with Crippen LogP contribution in [0.1, 0.15) is 44.2 Å². The van der Waals surface area contributed by atoms with E-state index in [-0.39, 0.29) is 6.42 Å². The molecule has 0 radical (unpaired) electrons. The van der Waals surface area contributed by atoms with Crippen LogP contribution in [0.3, 0.4) is 0 Å². The van der Waals surface area contributed by atoms with Crippen molar-refractivity contribution in [1.82, 2.24) is 0 Å². The van der Waals surface area contributed by atoms with Crippen LogP contribution in [0.4, 0.5) is 0 Å². The SMILES string of the molecule is CCC#Cc1ccc(C2=NOC(CC(C)(C(O)O)S(C)(=O)=O)C2)cc1. The summed E-state index contributed by atoms with van der Waals surface area (Å²) in [5.41, 5.74) is 2.48. The maximum Gasteiger partial charge on any atom is 0.171 e. The quantitative estimate of drug-likeness (QED) is 0.608. The summed E-state index contributed by atoms with van der Waals surface area (Å²) in [6, 6.07) is 7.57. The highest BCUT2D eigenvalue weighted by atomic mass is 32.2. The summed E-state index contributed by atoms with van der Waals surface area (Å²) in [7, 11) is -3.69. The highest BCUT2D eigenvalue weighted by Crippen LogP contribution is 2.31. The molecule has 25 heavy (non-hydrogen) atoms. The second-order valence-electron chi connectivity index (χ2n) is 6.36. The van der Waals surface area contributed by atoms with Crippen molar-refractivity contribution < 1.29 is 23.5 Å². The Morgan fingerprint density at radius 2 is 2.00 bits per heavy atom. The molecule has 2 unspecified atom stereocenters. The highest BCUT2D eigenvalue weighted by molar-refractivity contribution is 7.92. The minimum absolute atomic E-state index is 0.0590. The molecule has 7 heteroatoms. The van der Waals surface area contributed by atoms with Gasteiger partial charge in [0.25, 0.3) is 0 Å². The van der Waals surface area contributed by atoms with E-state index in [1.807, 2.05) is 31.2 Å². The van der Waals surface area contributed by atoms with Gasteiger partial charge in [0.05, 0.1) is 5.71 Å². The number of sulfone groups is 1. The van der Waals surface area contributed by atoms with E-state index in [1.165, 1.54) is 6.92 Å². The van der Waals surface area contributed by atoms with Gasteiger partial charge in [0.2, 0.25) is 0 Å². The number of rotatable bonds is 5. The molecule has 136 valence electrons. The first kappa shape index (κ1) is 19.4. The molecule has 0 aliphatic carbocycles. The van der Waals surface area contributed by atoms with Crippen LogP contribution >= 0.6 is 0 Å². The van der Waals surface area contributed by atoms with E-state index in [9.17, 15) is 18.6 Å². The first-order chi connectivity index (χ1) is 11.7. The van der Waals surface area contributed by atoms with E-state index in [4.69, 9.17) is 4.84 Å². The van der Waals surface area contributed by atoms with Crippen molar-refractivity contribution in [3.63, 3.8) is 0 Å². The summed E-state index contributed by atoms with van der Waals surface area (Å²) >= 11 is 0. The Kier molecular flexibility index (Phi) is 5.88. The zero-order valence-electron chi connectivity index (χ0n) is 14.6. The summed E-state index contributed by atoms with van der Waals surface area (Å²) in [6.45, 7) is 3.29. The van der Waals surface area contributed by atoms with Crippen molar-refractivity contribution in [2.45, 2.75) is 50.3 Å². The minimum Gasteiger partial charge on any atom is -0.392 e. The molecule has 0 saturated carbocycles. The van der Waals surface area contributed by atoms with Crippen LogP contribution in [0.2, 0.25) is 0 Å². The fourth-order valence-corrected chi connectivity index (χ4v) is 3.42. The van der Waals surface area contributed by atoms with Crippen LogP contribution in [0.15, 0.2) is 29.4 Å². The maximum atomic E-state index is 11.9. The van der Waals surface area contributed by atoms with E-state index in [1.54, 1.807) is 0 Å². The average molecular weight is 365 g/mol. The van der Waals surface area contributed by atoms with Crippen molar-refractivity contribution in [2.24, 2.45) is 5.16 Å². The first-order valence-corrected chi connectivity index (χ1v) is 9.94. The van der Waals surface area contributed by atoms with Crippen molar-refractivity contribution in [3.05, 3.63) is 35.4 Å². The van der Waals surface area contributed by atoms with Crippen LogP contribution in [-0.2, 0) is 14.7 Å². The van der Waals surface area contributed by atoms with Crippen molar-refractivity contribution in [3.8, 4) is 11.8 Å². The molecule has 0 aromatic heterocycles. The third-order valence-corrected chi connectivity index (χ3v) is 6.46. The van der Waals surface area contributed by atoms with E-state index in [2.05, 4.69) is 17.0 Å². The number of benzene rings is 1. The minimum atomic E-state index is -3.69. The zero-order chi connectivity index (χ0) is 18.7. The van der Waals surface area contributed by atoms with Gasteiger partial charge >= 0.3 is 0 Å². The summed E-state index contributed by atoms with van der Waals surface area (Å²) in [5.74, 6) is 6.04. The smallest absolute Gasteiger partial charge is 0.171 e. The molecular weight excluding hydrogens is 342 g/mol. The van der Waals surface area contributed by atoms with Gasteiger partial charge in [-0.3, -0.25) is 0 Å². The van der Waals surface area contributed by atoms with Crippen molar-refractivity contribution in [2.75, 3.05) is 6.26 Å². The van der Waals surface area contributed by atoms with E-state index >= 15 is 0 Å². The molecule has 0 saturated heterocycles. The molecule has 0 amide bonds. The second kappa shape index (κ2) is 7.56. The molecule has 1 aliphatic rings. The number of oxime groups is 1. The lowest BCUT2D eigenvalue weighted by atomic mass is 9.96. The Morgan fingerprint density at radius 3 is 2.52 bits per heavy atom. The van der Waals surface area contributed by atoms with Crippen LogP contribution in [0.25, 0.3) is 0 Å². The molecular formula is C18H23NO5S. The monoisotopic (exact) mass is 365 g/mol. The number of aliphatic hydroxyl groups excluding tert-OH is 1. The Labute approximate surface area is 148 Å². The average Bonchev–Trinajstić information content (AvgIpc) is 3.00. The largest absolute Gasteiger partial charge is 0.392 e. The molecule has 0 bridgehead atoms. The number of hydrogen-bond acceptors (Lipinski definition) is 6. The summed E-state index contributed by atoms with van der Waals surface area (Å²) in [4.78, 5) is 5.33. The van der Waals surface area contributed by atoms with Gasteiger partial charge in [-0.1, -0.05) is 36.1 Å². The Balaban J connectivity index is 2.08. The second-order valence-corrected chi connectivity index (χ2v) is 8.84. The van der Waals surface area contributed by atoms with Gasteiger partial charge in [0.15, 0.2) is 16.1 Å². The van der Waals surface area contributed by atoms with Crippen LogP contribution < -0.4 is 0 Å². The van der Waals surface area contributed by atoms with E-state index in [0.29, 0.717) is 12.1 Å². The van der Waals surface area contributed by atoms with Crippen LogP contribution in [0.5, 0.6) is 0 Å². The number of aliphatic hydroxyl groups is 2. The summed E-state index contributed by atoms with van der Waals surface area (Å²) in [5, 5.41) is 23.1. The van der Waals surface area contributed by atoms with Crippen molar-refractivity contribution in [1.29, 1.82) is 0 Å². The van der Waals surface area contributed by atoms with E-state index in [0.717, 1.165) is 23.8 Å². The fourth-order valence-electron chi connectivity index (χ4n) is 2.55. The lowest BCUT2D eigenvalue weighted by Gasteiger charge is -2.30. The van der Waals surface area contributed by atoms with Crippen molar-refractivity contribution >= 4 is 15.5 Å². The molecule has 0 spiro atoms. The van der Waals surface area contributed by atoms with Gasteiger partial charge in [-0.05, 0) is 24.6 Å². The Bertz CT molecular complexity index is 802. The predicted molar refractivity (Wildman–Crippen MR) is 95.7 cm³/mol. The van der Waals surface area contributed by atoms with Gasteiger partial charge in [-0.15, -0.1) is 0 Å². The third-order valence-electron chi connectivity index (χ3n) is 4.39. The normalized spacial score (nSPS) is 19.6. The molecule has 1 aliphatic heterocycles. The fraction of sp³-hybridized carbons (Fsp3) is 0.500. The molecule has 0 fully saturated rings. The predicted octanol–water partition coefficient (Wildman–Crippen LogP) is 1.45. The Morgan fingerprint density at radius 1 is 1.36 bits per heavy atom. The summed E-state index contributed by atoms with van der Waals surface area (Å²) < 4.78 is 22.2. The Hall–Kier alpha value is -1.88. The van der Waals surface area contributed by atoms with Crippen LogP contribution in [0, 0.1) is 11.8 Å². The van der Waals surface area contributed by atoms with Gasteiger partial charge in [-0.2, -0.15) is 0 Å². The number of nitrogens with zero attached hydrogens (tertiary/aromatic N) is 1. The molecule has 2 atom stereocenters. The first-order valence-electron chi connectivity index (χ1n) is 8.05. The molecule has 1 heterocycles. The molecule has 2 N–H and O–H groups in total. The third kappa shape index (κ3) is 4.40. The highest BCUT2D eigenvalue weighted by Gasteiger charge is 2.45. The lowest BCUT2D eigenvalue weighted by molar-refractivity contribution is -0.0797. The molecule has 1 aromatic carbocycles. The zero-order valence-corrected chi connectivity index (χ0v) is 15.4. The van der Waals surface area contributed by atoms with Gasteiger partial charge in [0.1, 0.15) is 10.9 Å². The molecule has 2 rings (SSSR count). The number of hydrogen-bond donors (Lipinski definition) is 2. The molecule has 6 nitrogen and oxygen atoms in total. The lowest BCUT2D eigenvalue weighted by Crippen LogP contribution is -2.48. The standard InChI is InChI=1S/C18H23NO5S/c1-4-5-6-13-7-9-14(10-8-13)16-11-15(24-19-16)12-18(2,17(20)21)25(3,22)23/h7-10,15,17,20-21H,4,11-12H2,1-3H3. The maximum absolute atomic E-state index is 11.9. The molecule has 1 aromatic rings.